The van der Waals surface area contributed by atoms with Crippen LogP contribution < -0.4 is 4.74 Å². The second-order valence-corrected chi connectivity index (χ2v) is 8.28. The third kappa shape index (κ3) is 13.7. The van der Waals surface area contributed by atoms with Crippen molar-refractivity contribution in [3.63, 3.8) is 0 Å². The number of carbonyl (C=O) groups is 1. The molecule has 4 aromatic carbocycles. The molecule has 0 amide bonds. The summed E-state index contributed by atoms with van der Waals surface area (Å²) in [5.74, 6) is 1.02. The molecule has 0 radical (unpaired) electrons. The van der Waals surface area contributed by atoms with E-state index in [0.717, 1.165) is 16.7 Å². The fraction of sp³-hybridized carbons (Fsp3) is 0.219. The number of rotatable bonds is 2. The minimum Gasteiger partial charge on any atom is -0.508 e. The molecule has 0 fully saturated rings. The van der Waals surface area contributed by atoms with Crippen LogP contribution in [0.3, 0.4) is 0 Å². The molecular formula is C32H42O7. The first-order valence-corrected chi connectivity index (χ1v) is 11.4. The van der Waals surface area contributed by atoms with Gasteiger partial charge in [0.2, 0.25) is 0 Å². The van der Waals surface area contributed by atoms with Crippen LogP contribution in [0.25, 0.3) is 11.1 Å². The highest BCUT2D eigenvalue weighted by Gasteiger charge is 2.09. The highest BCUT2D eigenvalue weighted by atomic mass is 17.0. The molecule has 0 spiro atoms. The lowest BCUT2D eigenvalue weighted by Crippen LogP contribution is -2.00. The van der Waals surface area contributed by atoms with E-state index in [1.807, 2.05) is 76.2 Å². The predicted molar refractivity (Wildman–Crippen MR) is 159 cm³/mol. The Balaban J connectivity index is 0. The van der Waals surface area contributed by atoms with Gasteiger partial charge in [0.05, 0.1) is 0 Å². The van der Waals surface area contributed by atoms with Crippen LogP contribution in [-0.2, 0) is 4.79 Å². The fourth-order valence-corrected chi connectivity index (χ4v) is 3.05. The van der Waals surface area contributed by atoms with Crippen molar-refractivity contribution in [1.82, 2.24) is 0 Å². The second kappa shape index (κ2) is 18.8. The van der Waals surface area contributed by atoms with E-state index in [1.54, 1.807) is 36.4 Å². The van der Waals surface area contributed by atoms with Crippen LogP contribution in [0.1, 0.15) is 44.0 Å². The summed E-state index contributed by atoms with van der Waals surface area (Å²) >= 11 is 0. The number of aromatic hydroxyl groups is 3. The SMILES string of the molecule is C.C.CC(=O)Oc1ccc(C)cc1.Cc1ccc(O)c(-c2cc(C)ccc2O)c1.Cc1ccc(O)cc1.OO. The molecule has 0 atom stereocenters. The quantitative estimate of drug-likeness (QED) is 0.0751. The summed E-state index contributed by atoms with van der Waals surface area (Å²) < 4.78 is 4.83. The molecule has 7 nitrogen and oxygen atoms in total. The Morgan fingerprint density at radius 3 is 1.23 bits per heavy atom. The summed E-state index contributed by atoms with van der Waals surface area (Å²) in [4.78, 5) is 10.5. The smallest absolute Gasteiger partial charge is 0.308 e. The van der Waals surface area contributed by atoms with Gasteiger partial charge in [-0.25, -0.2) is 0 Å². The molecule has 0 aliphatic rings. The summed E-state index contributed by atoms with van der Waals surface area (Å²) in [7, 11) is 0. The lowest BCUT2D eigenvalue weighted by atomic mass is 10.00. The zero-order valence-corrected chi connectivity index (χ0v) is 21.6. The van der Waals surface area contributed by atoms with Crippen molar-refractivity contribution in [2.75, 3.05) is 0 Å². The summed E-state index contributed by atoms with van der Waals surface area (Å²) in [6, 6.07) is 25.1. The molecule has 0 aliphatic carbocycles. The van der Waals surface area contributed by atoms with Gasteiger partial charge in [0.15, 0.2) is 0 Å². The number of esters is 1. The Bertz CT molecular complexity index is 1180. The zero-order valence-electron chi connectivity index (χ0n) is 21.6. The largest absolute Gasteiger partial charge is 0.508 e. The minimum absolute atomic E-state index is 0. The van der Waals surface area contributed by atoms with Crippen LogP contribution in [0.4, 0.5) is 0 Å². The van der Waals surface area contributed by atoms with Crippen LogP contribution in [0.2, 0.25) is 0 Å². The van der Waals surface area contributed by atoms with Crippen LogP contribution in [0, 0.1) is 27.7 Å². The number of hydrogen-bond donors (Lipinski definition) is 5. The van der Waals surface area contributed by atoms with Gasteiger partial charge in [-0.3, -0.25) is 15.3 Å². The number of ether oxygens (including phenoxy) is 1. The summed E-state index contributed by atoms with van der Waals surface area (Å²) in [6.07, 6.45) is 0. The highest BCUT2D eigenvalue weighted by molar-refractivity contribution is 5.76. The average Bonchev–Trinajstić information content (AvgIpc) is 2.87. The first-order chi connectivity index (χ1) is 17.5. The van der Waals surface area contributed by atoms with E-state index in [4.69, 9.17) is 20.4 Å². The van der Waals surface area contributed by atoms with Gasteiger partial charge in [0.1, 0.15) is 23.0 Å². The van der Waals surface area contributed by atoms with Crippen molar-refractivity contribution in [3.8, 4) is 34.1 Å². The van der Waals surface area contributed by atoms with Crippen molar-refractivity contribution in [3.05, 3.63) is 107 Å². The number of carbonyl (C=O) groups excluding carboxylic acids is 1. The molecule has 212 valence electrons. The van der Waals surface area contributed by atoms with Gasteiger partial charge in [-0.05, 0) is 76.2 Å². The number of phenolic OH excluding ortho intramolecular Hbond substituents is 3. The van der Waals surface area contributed by atoms with E-state index in [-0.39, 0.29) is 32.3 Å². The van der Waals surface area contributed by atoms with E-state index in [9.17, 15) is 15.0 Å². The lowest BCUT2D eigenvalue weighted by molar-refractivity contribution is -0.176. The number of aryl methyl sites for hydroxylation is 4. The molecular weight excluding hydrogens is 496 g/mol. The van der Waals surface area contributed by atoms with E-state index < -0.39 is 0 Å². The Hall–Kier alpha value is -4.33. The van der Waals surface area contributed by atoms with Crippen LogP contribution in [0.5, 0.6) is 23.0 Å². The highest BCUT2D eigenvalue weighted by Crippen LogP contribution is 2.36. The predicted octanol–water partition coefficient (Wildman–Crippen LogP) is 8.29. The molecule has 0 heterocycles. The molecule has 0 aromatic heterocycles. The maximum Gasteiger partial charge on any atom is 0.308 e. The maximum atomic E-state index is 10.5. The van der Waals surface area contributed by atoms with Gasteiger partial charge in [0.25, 0.3) is 0 Å². The molecule has 4 aromatic rings. The normalized spacial score (nSPS) is 8.90. The lowest BCUT2D eigenvalue weighted by Gasteiger charge is -2.09. The van der Waals surface area contributed by atoms with Crippen molar-refractivity contribution < 1.29 is 35.4 Å². The van der Waals surface area contributed by atoms with Crippen molar-refractivity contribution in [2.24, 2.45) is 0 Å². The standard InChI is InChI=1S/C14H14O2.C9H10O2.C7H8O.2CH4.H2O2/c1-9-3-5-13(15)11(7-9)12-8-10(2)4-6-14(12)16;1-7-3-5-9(6-4-7)11-8(2)10;1-6-2-4-7(8)5-3-6;;;1-2/h3-8,15-16H,1-2H3;3-6H,1-2H3;2-5,8H,1H3;2*1H4;1-2H. The summed E-state index contributed by atoms with van der Waals surface area (Å²) in [5.41, 5.74) is 5.76. The fourth-order valence-electron chi connectivity index (χ4n) is 3.05. The van der Waals surface area contributed by atoms with E-state index in [0.29, 0.717) is 22.6 Å². The molecule has 0 saturated heterocycles. The van der Waals surface area contributed by atoms with Crippen molar-refractivity contribution >= 4 is 5.97 Å². The third-order valence-electron chi connectivity index (χ3n) is 4.91. The Kier molecular flexibility index (Phi) is 17.8. The maximum absolute atomic E-state index is 10.5. The second-order valence-electron chi connectivity index (χ2n) is 8.28. The monoisotopic (exact) mass is 538 g/mol. The minimum atomic E-state index is -0.283. The number of hydrogen-bond acceptors (Lipinski definition) is 7. The molecule has 0 bridgehead atoms. The van der Waals surface area contributed by atoms with Crippen LogP contribution in [0.15, 0.2) is 84.9 Å². The molecule has 0 saturated carbocycles. The van der Waals surface area contributed by atoms with Gasteiger partial charge in [-0.15, -0.1) is 0 Å². The number of phenols is 3. The van der Waals surface area contributed by atoms with Crippen LogP contribution in [-0.4, -0.2) is 31.8 Å². The van der Waals surface area contributed by atoms with Crippen LogP contribution >= 0.6 is 0 Å². The van der Waals surface area contributed by atoms with Crippen molar-refractivity contribution in [2.45, 2.75) is 49.5 Å². The molecule has 0 unspecified atom stereocenters. The molecule has 39 heavy (non-hydrogen) atoms. The van der Waals surface area contributed by atoms with E-state index >= 15 is 0 Å². The Morgan fingerprint density at radius 1 is 0.564 bits per heavy atom. The average molecular weight is 539 g/mol. The third-order valence-corrected chi connectivity index (χ3v) is 4.91. The van der Waals surface area contributed by atoms with E-state index in [1.165, 1.54) is 12.5 Å². The summed E-state index contributed by atoms with van der Waals surface area (Å²) in [5, 5.41) is 40.3. The molecule has 7 heteroatoms. The topological polar surface area (TPSA) is 127 Å². The Labute approximate surface area is 232 Å². The molecule has 4 rings (SSSR count). The number of benzene rings is 4. The van der Waals surface area contributed by atoms with Gasteiger partial charge >= 0.3 is 5.97 Å². The van der Waals surface area contributed by atoms with Crippen molar-refractivity contribution in [1.29, 1.82) is 0 Å². The first kappa shape index (κ1) is 36.8. The Morgan fingerprint density at radius 2 is 0.897 bits per heavy atom. The van der Waals surface area contributed by atoms with Gasteiger partial charge in [0, 0.05) is 18.1 Å². The van der Waals surface area contributed by atoms with Gasteiger partial charge < -0.3 is 20.1 Å². The molecule has 5 N–H and O–H groups in total. The van der Waals surface area contributed by atoms with Gasteiger partial charge in [-0.2, -0.15) is 0 Å². The molecule has 0 aliphatic heterocycles. The first-order valence-electron chi connectivity index (χ1n) is 11.4. The summed E-state index contributed by atoms with van der Waals surface area (Å²) in [6.45, 7) is 9.27. The van der Waals surface area contributed by atoms with Gasteiger partial charge in [-0.1, -0.05) is 73.5 Å². The zero-order chi connectivity index (χ0) is 28.0. The van der Waals surface area contributed by atoms with E-state index in [2.05, 4.69) is 0 Å².